The first-order valence-corrected chi connectivity index (χ1v) is 17.8. The van der Waals surface area contributed by atoms with Crippen molar-refractivity contribution in [2.75, 3.05) is 31.0 Å². The lowest BCUT2D eigenvalue weighted by molar-refractivity contribution is -0.153. The summed E-state index contributed by atoms with van der Waals surface area (Å²) in [5.74, 6) is -0.302. The molecule has 5 rings (SSSR count). The highest BCUT2D eigenvalue weighted by atomic mass is 32.2. The number of rotatable bonds is 12. The Labute approximate surface area is 295 Å². The predicted octanol–water partition coefficient (Wildman–Crippen LogP) is 4.43. The third-order valence-corrected chi connectivity index (χ3v) is 10.1. The van der Waals surface area contributed by atoms with Crippen molar-refractivity contribution in [1.82, 2.24) is 20.2 Å². The molecule has 1 aromatic carbocycles. The highest BCUT2D eigenvalue weighted by Gasteiger charge is 2.54. The SMILES string of the molecule is CON=C(C(=O)N[C@@H]1C(=O)N2C(C(=O)OCc3ccc(OC)cc3)=C(CSc3ccncc3)CS[C@H]12)c1csc(NC(=O)OC(C)(C)C)n1. The van der Waals surface area contributed by atoms with Crippen LogP contribution in [0, 0.1) is 0 Å². The Morgan fingerprint density at radius 1 is 1.10 bits per heavy atom. The van der Waals surface area contributed by atoms with Gasteiger partial charge in [-0.05, 0) is 56.2 Å². The molecule has 4 heterocycles. The molecule has 3 amide bonds. The highest BCUT2D eigenvalue weighted by Crippen LogP contribution is 2.42. The number of fused-ring (bicyclic) bond motifs is 1. The number of benzene rings is 1. The molecule has 0 bridgehead atoms. The molecule has 0 aliphatic carbocycles. The molecule has 2 aliphatic rings. The summed E-state index contributed by atoms with van der Waals surface area (Å²) >= 11 is 3.99. The van der Waals surface area contributed by atoms with E-state index in [1.165, 1.54) is 40.9 Å². The normalized spacial score (nSPS) is 17.4. The van der Waals surface area contributed by atoms with Crippen LogP contribution in [0.25, 0.3) is 0 Å². The van der Waals surface area contributed by atoms with E-state index < -0.39 is 40.9 Å². The summed E-state index contributed by atoms with van der Waals surface area (Å²) in [6.07, 6.45) is 2.66. The Morgan fingerprint density at radius 3 is 2.51 bits per heavy atom. The van der Waals surface area contributed by atoms with E-state index in [4.69, 9.17) is 19.0 Å². The molecule has 1 saturated heterocycles. The number of methoxy groups -OCH3 is 1. The third-order valence-electron chi connectivity index (χ3n) is 6.87. The maximum absolute atomic E-state index is 13.6. The number of thiazole rings is 1. The van der Waals surface area contributed by atoms with Gasteiger partial charge >= 0.3 is 12.1 Å². The lowest BCUT2D eigenvalue weighted by atomic mass is 10.0. The average Bonchev–Trinajstić information content (AvgIpc) is 3.54. The van der Waals surface area contributed by atoms with Gasteiger partial charge in [-0.2, -0.15) is 0 Å². The fraction of sp³-hybridized carbons (Fsp3) is 0.344. The smallest absolute Gasteiger partial charge is 0.413 e. The van der Waals surface area contributed by atoms with Crippen molar-refractivity contribution in [3.8, 4) is 5.75 Å². The molecule has 49 heavy (non-hydrogen) atoms. The van der Waals surface area contributed by atoms with E-state index >= 15 is 0 Å². The van der Waals surface area contributed by atoms with Gasteiger partial charge in [0.1, 0.15) is 47.9 Å². The number of β-lactam (4-membered cyclic amide) rings is 1. The number of nitrogens with zero attached hydrogens (tertiary/aromatic N) is 4. The number of thioether (sulfide) groups is 2. The standard InChI is InChI=1S/C32H34N6O8S3/c1-32(2,3)46-31(42)36-30-34-22(17-49-30)23(37-44-5)26(39)35-24-27(40)38-25(29(41)45-14-18-6-8-20(43-4)9-7-18)19(16-48-28(24)38)15-47-21-10-12-33-13-11-21/h6-13,17,24,28H,14-16H2,1-5H3,(H,35,39)(H,34,36,42)/t24-,28-/m1/s1. The first-order valence-electron chi connectivity index (χ1n) is 14.8. The number of carbonyl (C=O) groups is 4. The lowest BCUT2D eigenvalue weighted by Crippen LogP contribution is -2.71. The number of anilines is 1. The van der Waals surface area contributed by atoms with Gasteiger partial charge in [-0.25, -0.2) is 14.6 Å². The number of hydrogen-bond donors (Lipinski definition) is 2. The van der Waals surface area contributed by atoms with Crippen LogP contribution in [0.5, 0.6) is 5.75 Å². The van der Waals surface area contributed by atoms with Crippen molar-refractivity contribution < 1.29 is 38.2 Å². The van der Waals surface area contributed by atoms with Crippen molar-refractivity contribution in [3.05, 3.63) is 76.7 Å². The monoisotopic (exact) mass is 726 g/mol. The van der Waals surface area contributed by atoms with E-state index in [2.05, 4.69) is 25.8 Å². The second-order valence-electron chi connectivity index (χ2n) is 11.5. The molecular formula is C32H34N6O8S3. The Morgan fingerprint density at radius 2 is 1.84 bits per heavy atom. The molecule has 0 unspecified atom stereocenters. The van der Waals surface area contributed by atoms with Gasteiger partial charge in [0, 0.05) is 34.2 Å². The van der Waals surface area contributed by atoms with Crippen LogP contribution in [0.2, 0.25) is 0 Å². The van der Waals surface area contributed by atoms with E-state index in [0.29, 0.717) is 17.3 Å². The number of amides is 3. The van der Waals surface area contributed by atoms with Gasteiger partial charge < -0.3 is 24.4 Å². The van der Waals surface area contributed by atoms with Gasteiger partial charge in [0.05, 0.1) is 7.11 Å². The molecule has 258 valence electrons. The average molecular weight is 727 g/mol. The minimum atomic E-state index is -0.962. The van der Waals surface area contributed by atoms with Gasteiger partial charge in [-0.1, -0.05) is 17.3 Å². The largest absolute Gasteiger partial charge is 0.497 e. The van der Waals surface area contributed by atoms with E-state index in [-0.39, 0.29) is 28.8 Å². The Hall–Kier alpha value is -4.61. The molecule has 0 spiro atoms. The fourth-order valence-electron chi connectivity index (χ4n) is 4.66. The number of ether oxygens (including phenoxy) is 3. The van der Waals surface area contributed by atoms with Crippen LogP contribution in [0.15, 0.2) is 75.5 Å². The van der Waals surface area contributed by atoms with Crippen molar-refractivity contribution in [1.29, 1.82) is 0 Å². The van der Waals surface area contributed by atoms with Crippen molar-refractivity contribution >= 4 is 69.6 Å². The number of pyridine rings is 1. The van der Waals surface area contributed by atoms with Crippen LogP contribution in [-0.2, 0) is 35.3 Å². The Bertz CT molecular complexity index is 1760. The van der Waals surface area contributed by atoms with Crippen LogP contribution in [0.3, 0.4) is 0 Å². The molecule has 2 aromatic heterocycles. The number of oxime groups is 1. The molecule has 0 saturated carbocycles. The molecular weight excluding hydrogens is 693 g/mol. The number of aromatic nitrogens is 2. The van der Waals surface area contributed by atoms with Crippen molar-refractivity contribution in [3.63, 3.8) is 0 Å². The van der Waals surface area contributed by atoms with E-state index in [1.807, 2.05) is 12.1 Å². The molecule has 1 fully saturated rings. The van der Waals surface area contributed by atoms with Crippen molar-refractivity contribution in [2.24, 2.45) is 5.16 Å². The summed E-state index contributed by atoms with van der Waals surface area (Å²) in [5, 5.41) is 10.2. The molecule has 14 nitrogen and oxygen atoms in total. The highest BCUT2D eigenvalue weighted by molar-refractivity contribution is 8.01. The predicted molar refractivity (Wildman–Crippen MR) is 185 cm³/mol. The lowest BCUT2D eigenvalue weighted by Gasteiger charge is -2.49. The van der Waals surface area contributed by atoms with Crippen molar-refractivity contribution in [2.45, 2.75) is 49.3 Å². The molecule has 2 atom stereocenters. The summed E-state index contributed by atoms with van der Waals surface area (Å²) in [7, 11) is 2.84. The summed E-state index contributed by atoms with van der Waals surface area (Å²) < 4.78 is 16.1. The molecule has 2 N–H and O–H groups in total. The second-order valence-corrected chi connectivity index (χ2v) is 14.5. The minimum Gasteiger partial charge on any atom is -0.497 e. The van der Waals surface area contributed by atoms with E-state index in [0.717, 1.165) is 27.4 Å². The third kappa shape index (κ3) is 8.90. The molecule has 0 radical (unpaired) electrons. The van der Waals surface area contributed by atoms with Crippen LogP contribution >= 0.6 is 34.9 Å². The number of carbonyl (C=O) groups excluding carboxylic acids is 4. The maximum Gasteiger partial charge on any atom is 0.413 e. The van der Waals surface area contributed by atoms with Gasteiger partial charge in [-0.3, -0.25) is 24.8 Å². The number of hydrogen-bond acceptors (Lipinski definition) is 14. The number of esters is 1. The molecule has 17 heteroatoms. The minimum absolute atomic E-state index is 0.00757. The van der Waals surface area contributed by atoms with Gasteiger partial charge in [0.25, 0.3) is 11.8 Å². The van der Waals surface area contributed by atoms with Crippen LogP contribution in [0.4, 0.5) is 9.93 Å². The topological polar surface area (TPSA) is 171 Å². The van der Waals surface area contributed by atoms with Gasteiger partial charge in [0.15, 0.2) is 10.8 Å². The van der Waals surface area contributed by atoms with Gasteiger partial charge in [-0.15, -0.1) is 34.9 Å². The summed E-state index contributed by atoms with van der Waals surface area (Å²) in [4.78, 5) is 68.5. The quantitative estimate of drug-likeness (QED) is 0.0886. The molecule has 3 aromatic rings. The maximum atomic E-state index is 13.6. The van der Waals surface area contributed by atoms with Crippen LogP contribution in [0.1, 0.15) is 32.0 Å². The summed E-state index contributed by atoms with van der Waals surface area (Å²) in [5.41, 5.74) is 0.850. The zero-order valence-corrected chi connectivity index (χ0v) is 29.7. The van der Waals surface area contributed by atoms with E-state index in [1.54, 1.807) is 64.5 Å². The van der Waals surface area contributed by atoms with Crippen LogP contribution < -0.4 is 15.4 Å². The Kier molecular flexibility index (Phi) is 11.5. The summed E-state index contributed by atoms with van der Waals surface area (Å²) in [6.45, 7) is 5.18. The first-order chi connectivity index (χ1) is 23.5. The zero-order valence-electron chi connectivity index (χ0n) is 27.3. The van der Waals surface area contributed by atoms with E-state index in [9.17, 15) is 19.2 Å². The van der Waals surface area contributed by atoms with Gasteiger partial charge in [0.2, 0.25) is 0 Å². The van der Waals surface area contributed by atoms with Crippen LogP contribution in [-0.4, -0.2) is 87.2 Å². The summed E-state index contributed by atoms with van der Waals surface area (Å²) in [6, 6.07) is 9.88. The first kappa shape index (κ1) is 35.7. The molecule has 2 aliphatic heterocycles. The fourth-order valence-corrected chi connectivity index (χ4v) is 7.71. The zero-order chi connectivity index (χ0) is 35.1. The second kappa shape index (κ2) is 15.7. The Balaban J connectivity index is 1.30. The number of nitrogens with one attached hydrogen (secondary N) is 2.